The van der Waals surface area contributed by atoms with Crippen LogP contribution in [0.5, 0.6) is 5.75 Å². The fourth-order valence-electron chi connectivity index (χ4n) is 2.16. The Kier molecular flexibility index (Phi) is 4.06. The summed E-state index contributed by atoms with van der Waals surface area (Å²) in [5.41, 5.74) is 7.21. The summed E-state index contributed by atoms with van der Waals surface area (Å²) >= 11 is 1.61. The normalized spacial score (nSPS) is 11.7. The molecule has 5 heteroatoms. The first-order valence-corrected chi connectivity index (χ1v) is 7.80. The molecule has 0 aliphatic carbocycles. The first-order chi connectivity index (χ1) is 10.7. The zero-order valence-electron chi connectivity index (χ0n) is 12.8. The summed E-state index contributed by atoms with van der Waals surface area (Å²) in [7, 11) is 1.66. The van der Waals surface area contributed by atoms with Gasteiger partial charge >= 0.3 is 0 Å². The van der Waals surface area contributed by atoms with Gasteiger partial charge in [-0.2, -0.15) is 5.10 Å². The number of hydrogen-bond acceptors (Lipinski definition) is 5. The number of methoxy groups -OCH3 is 1. The molecule has 0 bridgehead atoms. The summed E-state index contributed by atoms with van der Waals surface area (Å²) in [5.74, 6) is 0.839. The third kappa shape index (κ3) is 2.94. The van der Waals surface area contributed by atoms with Crippen molar-refractivity contribution >= 4 is 32.4 Å². The molecule has 0 saturated heterocycles. The Bertz CT molecular complexity index is 822. The Balaban J connectivity index is 1.80. The number of nitrogens with zero attached hydrogens (tertiary/aromatic N) is 2. The summed E-state index contributed by atoms with van der Waals surface area (Å²) in [6, 6.07) is 14.0. The number of benzene rings is 2. The molecule has 0 aliphatic rings. The molecule has 1 heterocycles. The lowest BCUT2D eigenvalue weighted by Gasteiger charge is -2.03. The van der Waals surface area contributed by atoms with Crippen LogP contribution in [0.25, 0.3) is 10.2 Å². The molecule has 0 saturated carbocycles. The number of rotatable bonds is 4. The summed E-state index contributed by atoms with van der Waals surface area (Å²) in [6.45, 7) is 4.03. The first kappa shape index (κ1) is 14.5. The number of hydrogen-bond donors (Lipinski definition) is 1. The largest absolute Gasteiger partial charge is 0.497 e. The molecule has 112 valence electrons. The van der Waals surface area contributed by atoms with E-state index in [1.54, 1.807) is 18.4 Å². The molecule has 22 heavy (non-hydrogen) atoms. The molecule has 3 rings (SSSR count). The van der Waals surface area contributed by atoms with Crippen molar-refractivity contribution in [2.75, 3.05) is 12.5 Å². The molecule has 0 amide bonds. The smallest absolute Gasteiger partial charge is 0.204 e. The van der Waals surface area contributed by atoms with E-state index in [1.165, 1.54) is 10.3 Å². The maximum absolute atomic E-state index is 5.16. The van der Waals surface area contributed by atoms with Crippen molar-refractivity contribution in [2.24, 2.45) is 5.10 Å². The van der Waals surface area contributed by atoms with Gasteiger partial charge in [0.25, 0.3) is 0 Å². The molecule has 3 aromatic rings. The number of fused-ring (bicyclic) bond motifs is 1. The number of aryl methyl sites for hydroxylation is 1. The SMILES string of the molecule is COc1ccc(/C(C)=N/Nc2nc3c(C)cccc3s2)cc1. The van der Waals surface area contributed by atoms with Crippen LogP contribution in [0.1, 0.15) is 18.1 Å². The molecule has 0 unspecified atom stereocenters. The molecule has 4 nitrogen and oxygen atoms in total. The quantitative estimate of drug-likeness (QED) is 0.572. The van der Waals surface area contributed by atoms with E-state index in [4.69, 9.17) is 4.74 Å². The van der Waals surface area contributed by atoms with E-state index in [9.17, 15) is 0 Å². The van der Waals surface area contributed by atoms with E-state index in [2.05, 4.69) is 34.6 Å². The maximum atomic E-state index is 5.16. The van der Waals surface area contributed by atoms with Gasteiger partial charge in [-0.1, -0.05) is 23.5 Å². The molecule has 0 spiro atoms. The third-order valence-corrected chi connectivity index (χ3v) is 4.37. The van der Waals surface area contributed by atoms with Gasteiger partial charge in [-0.15, -0.1) is 0 Å². The molecule has 0 aliphatic heterocycles. The monoisotopic (exact) mass is 311 g/mol. The van der Waals surface area contributed by atoms with Gasteiger partial charge in [-0.25, -0.2) is 4.98 Å². The van der Waals surface area contributed by atoms with Crippen LogP contribution < -0.4 is 10.2 Å². The van der Waals surface area contributed by atoms with Gasteiger partial charge in [0.1, 0.15) is 5.75 Å². The van der Waals surface area contributed by atoms with Crippen LogP contribution in [-0.4, -0.2) is 17.8 Å². The van der Waals surface area contributed by atoms with Crippen LogP contribution in [0.2, 0.25) is 0 Å². The van der Waals surface area contributed by atoms with E-state index in [0.717, 1.165) is 27.7 Å². The van der Waals surface area contributed by atoms with Gasteiger partial charge in [0, 0.05) is 0 Å². The zero-order chi connectivity index (χ0) is 15.5. The first-order valence-electron chi connectivity index (χ1n) is 6.98. The molecule has 1 aromatic heterocycles. The number of thiazole rings is 1. The van der Waals surface area contributed by atoms with Crippen LogP contribution >= 0.6 is 11.3 Å². The average Bonchev–Trinajstić information content (AvgIpc) is 2.97. The summed E-state index contributed by atoms with van der Waals surface area (Å²) in [6.07, 6.45) is 0. The van der Waals surface area contributed by atoms with Gasteiger partial charge in [-0.3, -0.25) is 5.43 Å². The highest BCUT2D eigenvalue weighted by atomic mass is 32.1. The molecule has 0 fully saturated rings. The predicted octanol–water partition coefficient (Wildman–Crippen LogP) is 4.45. The second kappa shape index (κ2) is 6.15. The Morgan fingerprint density at radius 1 is 1.18 bits per heavy atom. The maximum Gasteiger partial charge on any atom is 0.204 e. The Morgan fingerprint density at radius 3 is 2.64 bits per heavy atom. The van der Waals surface area contributed by atoms with Gasteiger partial charge < -0.3 is 4.74 Å². The van der Waals surface area contributed by atoms with Crippen molar-refractivity contribution in [3.8, 4) is 5.75 Å². The lowest BCUT2D eigenvalue weighted by Crippen LogP contribution is -1.99. The van der Waals surface area contributed by atoms with Gasteiger partial charge in [-0.05, 0) is 55.3 Å². The summed E-state index contributed by atoms with van der Waals surface area (Å²) in [5, 5.41) is 5.22. The summed E-state index contributed by atoms with van der Waals surface area (Å²) in [4.78, 5) is 4.59. The van der Waals surface area contributed by atoms with E-state index in [0.29, 0.717) is 0 Å². The van der Waals surface area contributed by atoms with E-state index >= 15 is 0 Å². The minimum Gasteiger partial charge on any atom is -0.497 e. The van der Waals surface area contributed by atoms with Gasteiger partial charge in [0.15, 0.2) is 0 Å². The predicted molar refractivity (Wildman–Crippen MR) is 93.2 cm³/mol. The fourth-order valence-corrected chi connectivity index (χ4v) is 3.05. The van der Waals surface area contributed by atoms with Crippen molar-refractivity contribution in [2.45, 2.75) is 13.8 Å². The summed E-state index contributed by atoms with van der Waals surface area (Å²) < 4.78 is 6.33. The van der Waals surface area contributed by atoms with Crippen LogP contribution in [0.3, 0.4) is 0 Å². The number of ether oxygens (including phenoxy) is 1. The van der Waals surface area contributed by atoms with E-state index < -0.39 is 0 Å². The number of aromatic nitrogens is 1. The van der Waals surface area contributed by atoms with Crippen LogP contribution in [0, 0.1) is 6.92 Å². The van der Waals surface area contributed by atoms with Crippen molar-refractivity contribution in [3.63, 3.8) is 0 Å². The molecule has 1 N–H and O–H groups in total. The minimum absolute atomic E-state index is 0.803. The van der Waals surface area contributed by atoms with Crippen LogP contribution in [0.15, 0.2) is 47.6 Å². The second-order valence-corrected chi connectivity index (χ2v) is 6.01. The fraction of sp³-hybridized carbons (Fsp3) is 0.176. The van der Waals surface area contributed by atoms with Crippen molar-refractivity contribution in [3.05, 3.63) is 53.6 Å². The highest BCUT2D eigenvalue weighted by Crippen LogP contribution is 2.27. The molecular formula is C17H17N3OS. The topological polar surface area (TPSA) is 46.5 Å². The van der Waals surface area contributed by atoms with Gasteiger partial charge in [0.05, 0.1) is 23.0 Å². The molecule has 0 radical (unpaired) electrons. The standard InChI is InChI=1S/C17H17N3OS/c1-11-5-4-6-15-16(11)18-17(22-15)20-19-12(2)13-7-9-14(21-3)10-8-13/h4-10H,1-3H3,(H,18,20)/b19-12+. The van der Waals surface area contributed by atoms with Crippen LogP contribution in [0.4, 0.5) is 5.13 Å². The molecule has 0 atom stereocenters. The highest BCUT2D eigenvalue weighted by Gasteiger charge is 2.05. The number of anilines is 1. The van der Waals surface area contributed by atoms with Gasteiger partial charge in [0.2, 0.25) is 5.13 Å². The third-order valence-electron chi connectivity index (χ3n) is 3.45. The van der Waals surface area contributed by atoms with E-state index in [1.807, 2.05) is 37.3 Å². The Morgan fingerprint density at radius 2 is 1.95 bits per heavy atom. The van der Waals surface area contributed by atoms with Crippen LogP contribution in [-0.2, 0) is 0 Å². The zero-order valence-corrected chi connectivity index (χ0v) is 13.6. The number of hydrazone groups is 1. The van der Waals surface area contributed by atoms with E-state index in [-0.39, 0.29) is 0 Å². The highest BCUT2D eigenvalue weighted by molar-refractivity contribution is 7.22. The van der Waals surface area contributed by atoms with Crippen molar-refractivity contribution < 1.29 is 4.74 Å². The molecular weight excluding hydrogens is 294 g/mol. The number of para-hydroxylation sites is 1. The second-order valence-electron chi connectivity index (χ2n) is 4.98. The Labute approximate surface area is 133 Å². The van der Waals surface area contributed by atoms with Crippen molar-refractivity contribution in [1.29, 1.82) is 0 Å². The Hall–Kier alpha value is -2.40. The van der Waals surface area contributed by atoms with Crippen molar-refractivity contribution in [1.82, 2.24) is 4.98 Å². The number of nitrogens with one attached hydrogen (secondary N) is 1. The lowest BCUT2D eigenvalue weighted by atomic mass is 10.1. The minimum atomic E-state index is 0.803. The average molecular weight is 311 g/mol. The molecule has 2 aromatic carbocycles. The lowest BCUT2D eigenvalue weighted by molar-refractivity contribution is 0.415.